The molecule has 0 spiro atoms. The molecule has 0 radical (unpaired) electrons. The number of aliphatic imine (C=N–C) groups is 1. The molecule has 1 saturated carbocycles. The van der Waals surface area contributed by atoms with Gasteiger partial charge in [-0.1, -0.05) is 0 Å². The van der Waals surface area contributed by atoms with Crippen molar-refractivity contribution in [1.82, 2.24) is 0 Å². The van der Waals surface area contributed by atoms with Gasteiger partial charge < -0.3 is 5.41 Å². The van der Waals surface area contributed by atoms with Crippen LogP contribution < -0.4 is 0 Å². The summed E-state index contributed by atoms with van der Waals surface area (Å²) in [6.07, 6.45) is 4.34. The van der Waals surface area contributed by atoms with Crippen LogP contribution in [0.2, 0.25) is 0 Å². The van der Waals surface area contributed by atoms with Gasteiger partial charge in [0.15, 0.2) is 0 Å². The van der Waals surface area contributed by atoms with Crippen LogP contribution in [0, 0.1) is 11.3 Å². The number of hydrogen-bond donors (Lipinski definition) is 1. The van der Waals surface area contributed by atoms with E-state index >= 15 is 0 Å². The monoisotopic (exact) mass is 136 g/mol. The second-order valence-electron chi connectivity index (χ2n) is 3.18. The predicted molar refractivity (Wildman–Crippen MR) is 42.0 cm³/mol. The third kappa shape index (κ3) is 0.877. The highest BCUT2D eigenvalue weighted by Crippen LogP contribution is 2.26. The quantitative estimate of drug-likeness (QED) is 0.525. The number of nitrogens with zero attached hydrogens (tertiary/aromatic N) is 1. The highest BCUT2D eigenvalue weighted by Gasteiger charge is 2.25. The molecule has 1 aliphatic carbocycles. The highest BCUT2D eigenvalue weighted by atomic mass is 14.8. The average Bonchev–Trinajstić information content (AvgIpc) is 2.33. The molecule has 2 nitrogen and oxygen atoms in total. The molecule has 2 rings (SSSR count). The lowest BCUT2D eigenvalue weighted by Gasteiger charge is -2.18. The van der Waals surface area contributed by atoms with Gasteiger partial charge in [0.05, 0.1) is 0 Å². The molecule has 1 aliphatic heterocycles. The van der Waals surface area contributed by atoms with Crippen LogP contribution in [0.1, 0.15) is 25.7 Å². The molecule has 0 bridgehead atoms. The minimum atomic E-state index is 0.758. The van der Waals surface area contributed by atoms with Crippen molar-refractivity contribution < 1.29 is 0 Å². The summed E-state index contributed by atoms with van der Waals surface area (Å²) in [5.41, 5.74) is 2.20. The first-order valence-corrected chi connectivity index (χ1v) is 3.96. The minimum absolute atomic E-state index is 0.758. The fourth-order valence-electron chi connectivity index (χ4n) is 1.83. The average molecular weight is 136 g/mol. The van der Waals surface area contributed by atoms with Crippen molar-refractivity contribution in [3.05, 3.63) is 0 Å². The summed E-state index contributed by atoms with van der Waals surface area (Å²) < 4.78 is 0. The van der Waals surface area contributed by atoms with Gasteiger partial charge in [-0.15, -0.1) is 0 Å². The summed E-state index contributed by atoms with van der Waals surface area (Å²) in [4.78, 5) is 4.38. The van der Waals surface area contributed by atoms with E-state index < -0.39 is 0 Å². The molecule has 0 aromatic heterocycles. The van der Waals surface area contributed by atoms with Crippen molar-refractivity contribution in [2.45, 2.75) is 25.7 Å². The van der Waals surface area contributed by atoms with Crippen molar-refractivity contribution in [3.63, 3.8) is 0 Å². The summed E-state index contributed by atoms with van der Waals surface area (Å²) in [7, 11) is 0. The van der Waals surface area contributed by atoms with Crippen molar-refractivity contribution in [2.75, 3.05) is 6.54 Å². The number of nitrogens with one attached hydrogen (secondary N) is 1. The van der Waals surface area contributed by atoms with E-state index in [2.05, 4.69) is 4.99 Å². The molecule has 0 saturated heterocycles. The zero-order chi connectivity index (χ0) is 6.97. The normalized spacial score (nSPS) is 31.8. The number of fused-ring (bicyclic) bond motifs is 1. The van der Waals surface area contributed by atoms with Gasteiger partial charge in [0.25, 0.3) is 0 Å². The van der Waals surface area contributed by atoms with E-state index in [4.69, 9.17) is 5.41 Å². The Kier molecular flexibility index (Phi) is 1.33. The Morgan fingerprint density at radius 2 is 2.30 bits per heavy atom. The van der Waals surface area contributed by atoms with Gasteiger partial charge in [-0.3, -0.25) is 4.99 Å². The minimum Gasteiger partial charge on any atom is -0.309 e. The molecule has 0 aromatic carbocycles. The van der Waals surface area contributed by atoms with Crippen molar-refractivity contribution >= 4 is 11.4 Å². The van der Waals surface area contributed by atoms with E-state index in [1.807, 2.05) is 0 Å². The van der Waals surface area contributed by atoms with Gasteiger partial charge in [-0.25, -0.2) is 0 Å². The smallest absolute Gasteiger partial charge is 0.0395 e. The fourth-order valence-corrected chi connectivity index (χ4v) is 1.83. The SMILES string of the molecule is N=C1CCC2CCN=C2C1. The molecule has 0 amide bonds. The van der Waals surface area contributed by atoms with Crippen LogP contribution in [-0.2, 0) is 0 Å². The second-order valence-corrected chi connectivity index (χ2v) is 3.18. The van der Waals surface area contributed by atoms with E-state index in [0.29, 0.717) is 0 Å². The van der Waals surface area contributed by atoms with Crippen LogP contribution in [0.15, 0.2) is 4.99 Å². The van der Waals surface area contributed by atoms with Crippen molar-refractivity contribution in [1.29, 1.82) is 5.41 Å². The van der Waals surface area contributed by atoms with Gasteiger partial charge >= 0.3 is 0 Å². The molecule has 1 unspecified atom stereocenters. The lowest BCUT2D eigenvalue weighted by molar-refractivity contribution is 0.615. The summed E-state index contributed by atoms with van der Waals surface area (Å²) in [5, 5.41) is 7.46. The standard InChI is InChI=1S/C8H12N2/c9-7-2-1-6-3-4-10-8(6)5-7/h6,9H,1-5H2. The molecular formula is C8H12N2. The Morgan fingerprint density at radius 1 is 1.40 bits per heavy atom. The van der Waals surface area contributed by atoms with Crippen LogP contribution in [-0.4, -0.2) is 18.0 Å². The molecule has 1 atom stereocenters. The van der Waals surface area contributed by atoms with E-state index in [1.54, 1.807) is 0 Å². The van der Waals surface area contributed by atoms with Crippen LogP contribution in [0.4, 0.5) is 0 Å². The van der Waals surface area contributed by atoms with E-state index in [9.17, 15) is 0 Å². The molecule has 1 heterocycles. The third-order valence-corrected chi connectivity index (χ3v) is 2.45. The summed E-state index contributed by atoms with van der Waals surface area (Å²) in [5.74, 6) is 0.758. The Bertz CT molecular complexity index is 193. The summed E-state index contributed by atoms with van der Waals surface area (Å²) in [6.45, 7) is 1.02. The molecular weight excluding hydrogens is 124 g/mol. The Hall–Kier alpha value is -0.660. The predicted octanol–water partition coefficient (Wildman–Crippen LogP) is 1.65. The maximum Gasteiger partial charge on any atom is 0.0395 e. The lowest BCUT2D eigenvalue weighted by Crippen LogP contribution is -2.21. The van der Waals surface area contributed by atoms with E-state index in [1.165, 1.54) is 18.6 Å². The maximum atomic E-state index is 7.46. The number of hydrogen-bond acceptors (Lipinski definition) is 2. The zero-order valence-electron chi connectivity index (χ0n) is 6.06. The topological polar surface area (TPSA) is 36.2 Å². The Labute approximate surface area is 60.9 Å². The van der Waals surface area contributed by atoms with Gasteiger partial charge in [0.2, 0.25) is 0 Å². The molecule has 0 aromatic rings. The molecule has 1 fully saturated rings. The summed E-state index contributed by atoms with van der Waals surface area (Å²) in [6, 6.07) is 0. The Morgan fingerprint density at radius 3 is 3.20 bits per heavy atom. The molecule has 54 valence electrons. The maximum absolute atomic E-state index is 7.46. The lowest BCUT2D eigenvalue weighted by atomic mass is 9.86. The van der Waals surface area contributed by atoms with E-state index in [0.717, 1.165) is 31.0 Å². The zero-order valence-corrected chi connectivity index (χ0v) is 6.06. The summed E-state index contributed by atoms with van der Waals surface area (Å²) >= 11 is 0. The first-order chi connectivity index (χ1) is 4.86. The van der Waals surface area contributed by atoms with Gasteiger partial charge in [0, 0.05) is 24.4 Å². The van der Waals surface area contributed by atoms with Crippen LogP contribution in [0.25, 0.3) is 0 Å². The van der Waals surface area contributed by atoms with Crippen LogP contribution in [0.3, 0.4) is 0 Å². The third-order valence-electron chi connectivity index (χ3n) is 2.45. The molecule has 10 heavy (non-hydrogen) atoms. The first kappa shape index (κ1) is 6.08. The molecule has 2 aliphatic rings. The van der Waals surface area contributed by atoms with Crippen LogP contribution in [0.5, 0.6) is 0 Å². The van der Waals surface area contributed by atoms with Crippen LogP contribution >= 0.6 is 0 Å². The number of rotatable bonds is 0. The first-order valence-electron chi connectivity index (χ1n) is 3.96. The fraction of sp³-hybridized carbons (Fsp3) is 0.750. The van der Waals surface area contributed by atoms with Gasteiger partial charge in [-0.2, -0.15) is 0 Å². The van der Waals surface area contributed by atoms with Crippen molar-refractivity contribution in [2.24, 2.45) is 10.9 Å². The van der Waals surface area contributed by atoms with Gasteiger partial charge in [0.1, 0.15) is 0 Å². The van der Waals surface area contributed by atoms with Gasteiger partial charge in [-0.05, 0) is 25.2 Å². The Balaban J connectivity index is 2.14. The molecule has 1 N–H and O–H groups in total. The molecule has 2 heteroatoms. The van der Waals surface area contributed by atoms with E-state index in [-0.39, 0.29) is 0 Å². The second kappa shape index (κ2) is 2.19. The highest BCUT2D eigenvalue weighted by molar-refractivity contribution is 6.06. The van der Waals surface area contributed by atoms with Crippen molar-refractivity contribution in [3.8, 4) is 0 Å². The largest absolute Gasteiger partial charge is 0.309 e.